The SMILES string of the molecule is C=CC[Si](Cl)(OC)OC. The van der Waals surface area contributed by atoms with E-state index in [0.717, 1.165) is 0 Å². The summed E-state index contributed by atoms with van der Waals surface area (Å²) in [6.07, 6.45) is 1.70. The molecule has 54 valence electrons. The number of hydrogen-bond donors (Lipinski definition) is 0. The predicted molar refractivity (Wildman–Crippen MR) is 40.6 cm³/mol. The van der Waals surface area contributed by atoms with Crippen molar-refractivity contribution in [3.8, 4) is 0 Å². The zero-order chi connectivity index (χ0) is 7.33. The fourth-order valence-electron chi connectivity index (χ4n) is 0.422. The van der Waals surface area contributed by atoms with E-state index in [-0.39, 0.29) is 0 Å². The van der Waals surface area contributed by atoms with Gasteiger partial charge in [-0.15, -0.1) is 6.58 Å². The van der Waals surface area contributed by atoms with Crippen LogP contribution in [0.4, 0.5) is 0 Å². The summed E-state index contributed by atoms with van der Waals surface area (Å²) >= 11 is 5.83. The molecule has 0 aromatic rings. The number of allylic oxidation sites excluding steroid dienone is 1. The van der Waals surface area contributed by atoms with Crippen molar-refractivity contribution in [3.05, 3.63) is 12.7 Å². The second kappa shape index (κ2) is 4.06. The average molecular weight is 167 g/mol. The molecule has 0 radical (unpaired) electrons. The van der Waals surface area contributed by atoms with Gasteiger partial charge in [-0.3, -0.25) is 0 Å². The minimum absolute atomic E-state index is 0.613. The van der Waals surface area contributed by atoms with Crippen LogP contribution in [0.15, 0.2) is 12.7 Å². The highest BCUT2D eigenvalue weighted by molar-refractivity contribution is 7.13. The van der Waals surface area contributed by atoms with Gasteiger partial charge in [-0.05, 0) is 0 Å². The molecule has 0 rings (SSSR count). The lowest BCUT2D eigenvalue weighted by molar-refractivity contribution is 0.269. The molecule has 0 aromatic carbocycles. The van der Waals surface area contributed by atoms with Crippen LogP contribution in [0.3, 0.4) is 0 Å². The third-order valence-corrected chi connectivity index (χ3v) is 4.38. The Morgan fingerprint density at radius 2 is 2.00 bits per heavy atom. The van der Waals surface area contributed by atoms with Crippen LogP contribution in [0.1, 0.15) is 0 Å². The normalized spacial score (nSPS) is 11.4. The molecule has 0 unspecified atom stereocenters. The van der Waals surface area contributed by atoms with Crippen LogP contribution in [-0.4, -0.2) is 22.1 Å². The highest BCUT2D eigenvalue weighted by Crippen LogP contribution is 2.16. The zero-order valence-electron chi connectivity index (χ0n) is 5.69. The Morgan fingerprint density at radius 3 is 2.11 bits per heavy atom. The molecule has 0 aromatic heterocycles. The van der Waals surface area contributed by atoms with E-state index in [2.05, 4.69) is 6.58 Å². The second-order valence-corrected chi connectivity index (χ2v) is 5.83. The van der Waals surface area contributed by atoms with Gasteiger partial charge in [0.15, 0.2) is 0 Å². The van der Waals surface area contributed by atoms with Gasteiger partial charge in [0.05, 0.1) is 0 Å². The molecule has 0 amide bonds. The Kier molecular flexibility index (Phi) is 4.13. The van der Waals surface area contributed by atoms with Crippen LogP contribution in [0, 0.1) is 0 Å². The molecule has 0 fully saturated rings. The standard InChI is InChI=1S/C5H11ClO2Si/c1-4-5-9(6,7-2)8-3/h4H,1,5H2,2-3H3. The van der Waals surface area contributed by atoms with Crippen molar-refractivity contribution in [1.82, 2.24) is 0 Å². The van der Waals surface area contributed by atoms with Gasteiger partial charge in [0.2, 0.25) is 0 Å². The molecular weight excluding hydrogens is 156 g/mol. The summed E-state index contributed by atoms with van der Waals surface area (Å²) in [7, 11) is 0.753. The summed E-state index contributed by atoms with van der Waals surface area (Å²) in [4.78, 5) is 0. The lowest BCUT2D eigenvalue weighted by Crippen LogP contribution is -2.32. The fourth-order valence-corrected chi connectivity index (χ4v) is 1.59. The molecule has 0 N–H and O–H groups in total. The predicted octanol–water partition coefficient (Wildman–Crippen LogP) is 1.64. The molecule has 9 heavy (non-hydrogen) atoms. The Hall–Kier alpha value is 0.167. The highest BCUT2D eigenvalue weighted by atomic mass is 35.6. The third kappa shape index (κ3) is 3.00. The first-order valence-corrected chi connectivity index (χ1v) is 5.62. The molecule has 0 heterocycles. The van der Waals surface area contributed by atoms with Gasteiger partial charge in [-0.25, -0.2) is 0 Å². The van der Waals surface area contributed by atoms with Crippen LogP contribution in [0.25, 0.3) is 0 Å². The average Bonchev–Trinajstić information content (AvgIpc) is 1.89. The van der Waals surface area contributed by atoms with E-state index in [1.54, 1.807) is 20.3 Å². The van der Waals surface area contributed by atoms with E-state index < -0.39 is 7.87 Å². The van der Waals surface area contributed by atoms with E-state index >= 15 is 0 Å². The maximum Gasteiger partial charge on any atom is 0.446 e. The first kappa shape index (κ1) is 9.17. The number of rotatable bonds is 4. The summed E-state index contributed by atoms with van der Waals surface area (Å²) in [6, 6.07) is 0.613. The Balaban J connectivity index is 3.75. The summed E-state index contributed by atoms with van der Waals surface area (Å²) in [5.74, 6) is 0. The molecule has 0 saturated heterocycles. The van der Waals surface area contributed by atoms with E-state index in [1.165, 1.54) is 0 Å². The fraction of sp³-hybridized carbons (Fsp3) is 0.600. The molecule has 4 heteroatoms. The maximum absolute atomic E-state index is 5.83. The molecule has 0 spiro atoms. The van der Waals surface area contributed by atoms with Crippen LogP contribution >= 0.6 is 11.1 Å². The molecule has 2 nitrogen and oxygen atoms in total. The Bertz CT molecular complexity index is 93.0. The first-order valence-electron chi connectivity index (χ1n) is 2.58. The van der Waals surface area contributed by atoms with Crippen molar-refractivity contribution in [2.24, 2.45) is 0 Å². The summed E-state index contributed by atoms with van der Waals surface area (Å²) in [6.45, 7) is 3.53. The molecule has 0 aliphatic heterocycles. The van der Waals surface area contributed by atoms with Crippen LogP contribution in [0.5, 0.6) is 0 Å². The lowest BCUT2D eigenvalue weighted by Gasteiger charge is -2.16. The molecule has 0 bridgehead atoms. The second-order valence-electron chi connectivity index (χ2n) is 1.56. The third-order valence-electron chi connectivity index (χ3n) is 0.998. The smallest absolute Gasteiger partial charge is 0.386 e. The monoisotopic (exact) mass is 166 g/mol. The molecule has 0 atom stereocenters. The first-order chi connectivity index (χ1) is 4.18. The van der Waals surface area contributed by atoms with E-state index in [9.17, 15) is 0 Å². The van der Waals surface area contributed by atoms with Gasteiger partial charge >= 0.3 is 7.87 Å². The van der Waals surface area contributed by atoms with Gasteiger partial charge in [0.25, 0.3) is 0 Å². The molecule has 0 aliphatic carbocycles. The van der Waals surface area contributed by atoms with Crippen LogP contribution in [-0.2, 0) is 8.85 Å². The minimum atomic E-state index is -2.34. The lowest BCUT2D eigenvalue weighted by atomic mass is 10.8. The quantitative estimate of drug-likeness (QED) is 0.359. The van der Waals surface area contributed by atoms with Gasteiger partial charge in [-0.2, -0.15) is 0 Å². The van der Waals surface area contributed by atoms with Gasteiger partial charge in [0.1, 0.15) is 0 Å². The number of hydrogen-bond acceptors (Lipinski definition) is 2. The summed E-state index contributed by atoms with van der Waals surface area (Å²) in [5, 5.41) is 0. The van der Waals surface area contributed by atoms with Gasteiger partial charge in [0, 0.05) is 20.3 Å². The van der Waals surface area contributed by atoms with Gasteiger partial charge < -0.3 is 8.85 Å². The highest BCUT2D eigenvalue weighted by Gasteiger charge is 2.30. The topological polar surface area (TPSA) is 18.5 Å². The number of halogens is 1. The van der Waals surface area contributed by atoms with Gasteiger partial charge in [-0.1, -0.05) is 17.2 Å². The van der Waals surface area contributed by atoms with Crippen molar-refractivity contribution in [3.63, 3.8) is 0 Å². The van der Waals surface area contributed by atoms with Crippen molar-refractivity contribution in [2.75, 3.05) is 14.2 Å². The van der Waals surface area contributed by atoms with E-state index in [1.807, 2.05) is 0 Å². The zero-order valence-corrected chi connectivity index (χ0v) is 7.44. The van der Waals surface area contributed by atoms with Crippen molar-refractivity contribution < 1.29 is 8.85 Å². The molecule has 0 saturated carbocycles. The Morgan fingerprint density at radius 1 is 1.56 bits per heavy atom. The molecule has 0 aliphatic rings. The molecular formula is C5H11ClO2Si. The largest absolute Gasteiger partial charge is 0.446 e. The maximum atomic E-state index is 5.83. The van der Waals surface area contributed by atoms with Crippen molar-refractivity contribution in [1.29, 1.82) is 0 Å². The van der Waals surface area contributed by atoms with E-state index in [0.29, 0.717) is 6.04 Å². The van der Waals surface area contributed by atoms with Crippen molar-refractivity contribution in [2.45, 2.75) is 6.04 Å². The van der Waals surface area contributed by atoms with E-state index in [4.69, 9.17) is 19.9 Å². The summed E-state index contributed by atoms with van der Waals surface area (Å²) in [5.41, 5.74) is 0. The Labute approximate surface area is 61.4 Å². The summed E-state index contributed by atoms with van der Waals surface area (Å²) < 4.78 is 9.88. The van der Waals surface area contributed by atoms with Crippen LogP contribution < -0.4 is 0 Å². The van der Waals surface area contributed by atoms with Crippen molar-refractivity contribution >= 4 is 18.9 Å². The minimum Gasteiger partial charge on any atom is -0.386 e. The van der Waals surface area contributed by atoms with Crippen LogP contribution in [0.2, 0.25) is 6.04 Å².